The fraction of sp³-hybridized carbons (Fsp3) is 0.481. The average Bonchev–Trinajstić information content (AvgIpc) is 3.85. The summed E-state index contributed by atoms with van der Waals surface area (Å²) in [6.45, 7) is 5.85. The molecule has 1 saturated heterocycles. The number of carbonyl (C=O) groups excluding carboxylic acids is 2. The Morgan fingerprint density at radius 3 is 2.82 bits per heavy atom. The second-order valence-electron chi connectivity index (χ2n) is 10.5. The molecule has 2 aromatic rings. The van der Waals surface area contributed by atoms with Gasteiger partial charge in [0.2, 0.25) is 17.7 Å². The predicted octanol–water partition coefficient (Wildman–Crippen LogP) is 1.15. The molecule has 200 valence electrons. The molecule has 0 spiro atoms. The van der Waals surface area contributed by atoms with Crippen LogP contribution in [0.4, 0.5) is 5.95 Å². The maximum atomic E-state index is 13.1. The van der Waals surface area contributed by atoms with Crippen LogP contribution in [0.2, 0.25) is 0 Å². The number of aromatic nitrogens is 2. The van der Waals surface area contributed by atoms with E-state index in [1.807, 2.05) is 6.07 Å². The molecule has 2 aliphatic heterocycles. The normalized spacial score (nSPS) is 28.6. The van der Waals surface area contributed by atoms with Crippen molar-refractivity contribution in [1.82, 2.24) is 25.3 Å². The zero-order valence-corrected chi connectivity index (χ0v) is 21.9. The number of hydrogen-bond donors (Lipinski definition) is 3. The quantitative estimate of drug-likeness (QED) is 0.408. The van der Waals surface area contributed by atoms with Crippen LogP contribution >= 0.6 is 0 Å². The monoisotopic (exact) mass is 536 g/mol. The lowest BCUT2D eigenvalue weighted by Crippen LogP contribution is -2.54. The highest BCUT2D eigenvalue weighted by Gasteiger charge is 2.60. The van der Waals surface area contributed by atoms with Crippen molar-refractivity contribution in [2.75, 3.05) is 18.0 Å². The Kier molecular flexibility index (Phi) is 6.65. The predicted molar refractivity (Wildman–Crippen MR) is 143 cm³/mol. The van der Waals surface area contributed by atoms with Gasteiger partial charge in [-0.2, -0.15) is 4.98 Å². The third kappa shape index (κ3) is 5.04. The molecule has 2 aliphatic carbocycles. The first-order valence-electron chi connectivity index (χ1n) is 13.2. The summed E-state index contributed by atoms with van der Waals surface area (Å²) in [5.74, 6) is 0.230. The minimum absolute atomic E-state index is 0.0232. The van der Waals surface area contributed by atoms with E-state index in [2.05, 4.69) is 55.0 Å². The van der Waals surface area contributed by atoms with Gasteiger partial charge in [-0.3, -0.25) is 14.3 Å². The zero-order chi connectivity index (χ0) is 26.3. The molecule has 3 unspecified atom stereocenters. The lowest BCUT2D eigenvalue weighted by atomic mass is 10.0. The van der Waals surface area contributed by atoms with Crippen LogP contribution in [0.3, 0.4) is 0 Å². The standard InChI is InChI=1S/C27H32N6O4S/c1-2-19-14-27(19,25(35)32-38(36)21-7-8-21)31-24(34)22-13-20(15-29-22)37-23-9-11-28-26(30-23)33-12-10-17-5-3-4-6-18(17)16-33/h2-6,9,11,19-22,29H,1,7-8,10,12-16H2,(H,31,34)(H,32,35)/t19?,20-,22+,27?,38?/m1/s1. The molecule has 5 atom stereocenters. The van der Waals surface area contributed by atoms with Gasteiger partial charge in [0.1, 0.15) is 22.6 Å². The molecule has 11 heteroatoms. The van der Waals surface area contributed by atoms with E-state index in [4.69, 9.17) is 4.74 Å². The molecule has 2 saturated carbocycles. The smallest absolute Gasteiger partial charge is 0.258 e. The summed E-state index contributed by atoms with van der Waals surface area (Å²) < 4.78 is 20.9. The Morgan fingerprint density at radius 1 is 1.24 bits per heavy atom. The molecule has 4 aliphatic rings. The number of benzene rings is 1. The maximum Gasteiger partial charge on any atom is 0.258 e. The largest absolute Gasteiger partial charge is 0.473 e. The van der Waals surface area contributed by atoms with E-state index in [1.165, 1.54) is 11.1 Å². The maximum absolute atomic E-state index is 13.1. The second kappa shape index (κ2) is 10.1. The summed E-state index contributed by atoms with van der Waals surface area (Å²) >= 11 is 0. The molecule has 3 heterocycles. The molecule has 38 heavy (non-hydrogen) atoms. The fourth-order valence-electron chi connectivity index (χ4n) is 5.27. The summed E-state index contributed by atoms with van der Waals surface area (Å²) in [4.78, 5) is 37.2. The van der Waals surface area contributed by atoms with Crippen molar-refractivity contribution in [3.8, 4) is 5.88 Å². The molecule has 0 radical (unpaired) electrons. The fourth-order valence-corrected chi connectivity index (χ4v) is 6.37. The SMILES string of the molecule is C=CC1CC1(NC(=O)[C@@H]1C[C@@H](Oc2ccnc(N3CCc4ccccc4C3)n2)CN1)C(=O)NS(=O)C1CC1. The highest BCUT2D eigenvalue weighted by Crippen LogP contribution is 2.45. The summed E-state index contributed by atoms with van der Waals surface area (Å²) in [7, 11) is -1.41. The van der Waals surface area contributed by atoms with E-state index in [0.29, 0.717) is 31.2 Å². The molecular weight excluding hydrogens is 504 g/mol. The Balaban J connectivity index is 1.05. The summed E-state index contributed by atoms with van der Waals surface area (Å²) in [5, 5.41) is 6.13. The first kappa shape index (κ1) is 25.0. The number of anilines is 1. The van der Waals surface area contributed by atoms with Gasteiger partial charge < -0.3 is 20.3 Å². The van der Waals surface area contributed by atoms with Crippen molar-refractivity contribution < 1.29 is 18.5 Å². The van der Waals surface area contributed by atoms with Crippen LogP contribution in [0.25, 0.3) is 0 Å². The lowest BCUT2D eigenvalue weighted by Gasteiger charge is -2.29. The zero-order valence-electron chi connectivity index (χ0n) is 21.1. The van der Waals surface area contributed by atoms with Crippen LogP contribution < -0.4 is 25.0 Å². The Morgan fingerprint density at radius 2 is 2.05 bits per heavy atom. The molecule has 6 rings (SSSR count). The first-order valence-corrected chi connectivity index (χ1v) is 14.4. The van der Waals surface area contributed by atoms with Gasteiger partial charge in [0.25, 0.3) is 5.91 Å². The Bertz CT molecular complexity index is 1290. The van der Waals surface area contributed by atoms with Crippen molar-refractivity contribution in [2.24, 2.45) is 5.92 Å². The first-order chi connectivity index (χ1) is 18.4. The van der Waals surface area contributed by atoms with Gasteiger partial charge >= 0.3 is 0 Å². The van der Waals surface area contributed by atoms with Gasteiger partial charge in [0.15, 0.2) is 0 Å². The third-order valence-electron chi connectivity index (χ3n) is 7.80. The highest BCUT2D eigenvalue weighted by atomic mass is 32.2. The molecular formula is C27H32N6O4S. The van der Waals surface area contributed by atoms with Crippen molar-refractivity contribution in [1.29, 1.82) is 0 Å². The minimum Gasteiger partial charge on any atom is -0.473 e. The van der Waals surface area contributed by atoms with E-state index >= 15 is 0 Å². The van der Waals surface area contributed by atoms with Crippen LogP contribution in [0.15, 0.2) is 49.2 Å². The van der Waals surface area contributed by atoms with E-state index < -0.39 is 28.5 Å². The number of amides is 2. The minimum atomic E-state index is -1.41. The number of hydrogen-bond acceptors (Lipinski definition) is 8. The van der Waals surface area contributed by atoms with Gasteiger partial charge in [0.05, 0.1) is 11.3 Å². The number of ether oxygens (including phenoxy) is 1. The molecule has 10 nitrogen and oxygen atoms in total. The van der Waals surface area contributed by atoms with Crippen molar-refractivity contribution in [2.45, 2.75) is 61.6 Å². The molecule has 1 aromatic carbocycles. The highest BCUT2D eigenvalue weighted by molar-refractivity contribution is 7.84. The Hall–Kier alpha value is -3.31. The van der Waals surface area contributed by atoms with Crippen LogP contribution in [0, 0.1) is 5.92 Å². The summed E-state index contributed by atoms with van der Waals surface area (Å²) in [5.41, 5.74) is 1.55. The number of nitrogens with one attached hydrogen (secondary N) is 3. The van der Waals surface area contributed by atoms with Gasteiger partial charge in [-0.1, -0.05) is 30.3 Å². The topological polar surface area (TPSA) is 126 Å². The van der Waals surface area contributed by atoms with Crippen LogP contribution in [0.5, 0.6) is 5.88 Å². The molecule has 2 amide bonds. The van der Waals surface area contributed by atoms with E-state index in [1.54, 1.807) is 18.3 Å². The number of carbonyl (C=O) groups is 2. The van der Waals surface area contributed by atoms with Gasteiger partial charge in [-0.15, -0.1) is 6.58 Å². The second-order valence-corrected chi connectivity index (χ2v) is 12.0. The number of nitrogens with zero attached hydrogens (tertiary/aromatic N) is 3. The van der Waals surface area contributed by atoms with Crippen LogP contribution in [0.1, 0.15) is 36.8 Å². The average molecular weight is 537 g/mol. The summed E-state index contributed by atoms with van der Waals surface area (Å²) in [6, 6.07) is 9.63. The molecule has 1 aromatic heterocycles. The van der Waals surface area contributed by atoms with Crippen molar-refractivity contribution in [3.05, 3.63) is 60.3 Å². The lowest BCUT2D eigenvalue weighted by molar-refractivity contribution is -0.130. The molecule has 3 fully saturated rings. The van der Waals surface area contributed by atoms with E-state index in [-0.39, 0.29) is 23.2 Å². The molecule has 0 bridgehead atoms. The van der Waals surface area contributed by atoms with E-state index in [0.717, 1.165) is 32.4 Å². The van der Waals surface area contributed by atoms with Gasteiger partial charge in [-0.05, 0) is 36.8 Å². The summed E-state index contributed by atoms with van der Waals surface area (Å²) in [6.07, 6.45) is 6.64. The van der Waals surface area contributed by atoms with Gasteiger partial charge in [-0.25, -0.2) is 9.19 Å². The van der Waals surface area contributed by atoms with Crippen LogP contribution in [-0.4, -0.2) is 62.0 Å². The Labute approximate surface area is 224 Å². The van der Waals surface area contributed by atoms with Crippen molar-refractivity contribution in [3.63, 3.8) is 0 Å². The third-order valence-corrected chi connectivity index (χ3v) is 9.26. The van der Waals surface area contributed by atoms with Crippen molar-refractivity contribution >= 4 is 28.7 Å². The van der Waals surface area contributed by atoms with E-state index in [9.17, 15) is 13.8 Å². The number of rotatable bonds is 9. The number of fused-ring (bicyclic) bond motifs is 1. The van der Waals surface area contributed by atoms with Gasteiger partial charge in [0, 0.05) is 44.2 Å². The van der Waals surface area contributed by atoms with Crippen LogP contribution in [-0.2, 0) is 33.5 Å². The molecule has 3 N–H and O–H groups in total.